The van der Waals surface area contributed by atoms with Crippen molar-refractivity contribution in [3.8, 4) is 5.75 Å². The second kappa shape index (κ2) is 7.89. The molecule has 2 aromatic carbocycles. The number of para-hydroxylation sites is 2. The van der Waals surface area contributed by atoms with E-state index in [1.54, 1.807) is 9.13 Å². The Bertz CT molecular complexity index is 899. The standard InChI is InChI=1S/C19H21BrN2O3/c1-2-11-21-17-5-3-4-6-18(17)22(19(21)24)12-15(23)13-25-16-9-7-14(20)8-10-16/h3-10,15,23H,2,11-13H2,1H3/t15-/m1/s1. The van der Waals surface area contributed by atoms with Crippen molar-refractivity contribution in [1.82, 2.24) is 9.13 Å². The summed E-state index contributed by atoms with van der Waals surface area (Å²) in [5.41, 5.74) is 1.64. The average Bonchev–Trinajstić information content (AvgIpc) is 2.88. The molecular formula is C19H21BrN2O3. The van der Waals surface area contributed by atoms with Crippen LogP contribution in [0.3, 0.4) is 0 Å². The predicted molar refractivity (Wildman–Crippen MR) is 102 cm³/mol. The van der Waals surface area contributed by atoms with Crippen LogP contribution in [0, 0.1) is 0 Å². The lowest BCUT2D eigenvalue weighted by Crippen LogP contribution is -2.31. The van der Waals surface area contributed by atoms with Gasteiger partial charge in [-0.3, -0.25) is 9.13 Å². The highest BCUT2D eigenvalue weighted by Gasteiger charge is 2.15. The van der Waals surface area contributed by atoms with Gasteiger partial charge in [0, 0.05) is 11.0 Å². The van der Waals surface area contributed by atoms with E-state index in [4.69, 9.17) is 4.74 Å². The molecule has 5 nitrogen and oxygen atoms in total. The molecule has 3 rings (SSSR count). The molecule has 0 spiro atoms. The monoisotopic (exact) mass is 404 g/mol. The highest BCUT2D eigenvalue weighted by molar-refractivity contribution is 9.10. The Kier molecular flexibility index (Phi) is 5.60. The Morgan fingerprint density at radius 1 is 1.08 bits per heavy atom. The molecule has 0 bridgehead atoms. The van der Waals surface area contributed by atoms with Crippen LogP contribution < -0.4 is 10.4 Å². The number of hydrogen-bond donors (Lipinski definition) is 1. The molecule has 1 heterocycles. The van der Waals surface area contributed by atoms with Crippen LogP contribution in [0.5, 0.6) is 5.75 Å². The van der Waals surface area contributed by atoms with Crippen LogP contribution in [0.15, 0.2) is 57.8 Å². The smallest absolute Gasteiger partial charge is 0.329 e. The van der Waals surface area contributed by atoms with Crippen molar-refractivity contribution in [2.75, 3.05) is 6.61 Å². The summed E-state index contributed by atoms with van der Waals surface area (Å²) in [4.78, 5) is 12.7. The van der Waals surface area contributed by atoms with Gasteiger partial charge in [-0.1, -0.05) is 35.0 Å². The van der Waals surface area contributed by atoms with Crippen molar-refractivity contribution in [2.24, 2.45) is 0 Å². The largest absolute Gasteiger partial charge is 0.491 e. The maximum atomic E-state index is 12.7. The molecule has 6 heteroatoms. The lowest BCUT2D eigenvalue weighted by Gasteiger charge is -2.13. The highest BCUT2D eigenvalue weighted by atomic mass is 79.9. The zero-order valence-electron chi connectivity index (χ0n) is 14.1. The van der Waals surface area contributed by atoms with Crippen LogP contribution in [0.4, 0.5) is 0 Å². The second-order valence-corrected chi connectivity index (χ2v) is 6.87. The van der Waals surface area contributed by atoms with Crippen LogP contribution in [0.25, 0.3) is 11.0 Å². The van der Waals surface area contributed by atoms with Crippen molar-refractivity contribution in [3.05, 3.63) is 63.5 Å². The molecule has 0 aliphatic heterocycles. The second-order valence-electron chi connectivity index (χ2n) is 5.95. The van der Waals surface area contributed by atoms with E-state index in [9.17, 15) is 9.90 Å². The number of aliphatic hydroxyl groups is 1. The summed E-state index contributed by atoms with van der Waals surface area (Å²) in [7, 11) is 0. The zero-order valence-corrected chi connectivity index (χ0v) is 15.6. The van der Waals surface area contributed by atoms with Gasteiger partial charge in [-0.15, -0.1) is 0 Å². The molecule has 0 amide bonds. The number of imidazole rings is 1. The minimum absolute atomic E-state index is 0.0919. The van der Waals surface area contributed by atoms with Gasteiger partial charge in [0.2, 0.25) is 0 Å². The van der Waals surface area contributed by atoms with Crippen LogP contribution in [-0.2, 0) is 13.1 Å². The first-order chi connectivity index (χ1) is 12.1. The number of benzene rings is 2. The SMILES string of the molecule is CCCn1c(=O)n(C[C@@H](O)COc2ccc(Br)cc2)c2ccccc21. The van der Waals surface area contributed by atoms with Gasteiger partial charge >= 0.3 is 5.69 Å². The van der Waals surface area contributed by atoms with Crippen molar-refractivity contribution in [1.29, 1.82) is 0 Å². The van der Waals surface area contributed by atoms with Crippen molar-refractivity contribution >= 4 is 27.0 Å². The van der Waals surface area contributed by atoms with Crippen molar-refractivity contribution < 1.29 is 9.84 Å². The average molecular weight is 405 g/mol. The Morgan fingerprint density at radius 2 is 1.72 bits per heavy atom. The number of aliphatic hydroxyl groups excluding tert-OH is 1. The van der Waals surface area contributed by atoms with Gasteiger partial charge in [-0.2, -0.15) is 0 Å². The fourth-order valence-electron chi connectivity index (χ4n) is 2.88. The van der Waals surface area contributed by atoms with E-state index in [-0.39, 0.29) is 18.8 Å². The lowest BCUT2D eigenvalue weighted by molar-refractivity contribution is 0.0924. The van der Waals surface area contributed by atoms with Gasteiger partial charge in [-0.05, 0) is 42.8 Å². The molecule has 3 aromatic rings. The molecule has 1 atom stereocenters. The third-order valence-electron chi connectivity index (χ3n) is 4.02. The van der Waals surface area contributed by atoms with E-state index in [1.807, 2.05) is 55.5 Å². The van der Waals surface area contributed by atoms with E-state index in [0.29, 0.717) is 12.3 Å². The molecule has 0 aliphatic rings. The summed E-state index contributed by atoms with van der Waals surface area (Å²) in [5.74, 6) is 0.683. The molecular weight excluding hydrogens is 384 g/mol. The Morgan fingerprint density at radius 3 is 2.36 bits per heavy atom. The fourth-order valence-corrected chi connectivity index (χ4v) is 3.14. The molecule has 1 aromatic heterocycles. The van der Waals surface area contributed by atoms with Crippen LogP contribution in [-0.4, -0.2) is 27.0 Å². The first kappa shape index (κ1) is 17.8. The Hall–Kier alpha value is -2.05. The number of hydrogen-bond acceptors (Lipinski definition) is 3. The van der Waals surface area contributed by atoms with E-state index < -0.39 is 6.10 Å². The summed E-state index contributed by atoms with van der Waals surface area (Å²) in [6.45, 7) is 3.03. The first-order valence-electron chi connectivity index (χ1n) is 8.34. The molecule has 132 valence electrons. The topological polar surface area (TPSA) is 56.4 Å². The van der Waals surface area contributed by atoms with Gasteiger partial charge in [-0.25, -0.2) is 4.79 Å². The maximum Gasteiger partial charge on any atom is 0.329 e. The highest BCUT2D eigenvalue weighted by Crippen LogP contribution is 2.17. The molecule has 0 radical (unpaired) electrons. The number of nitrogens with zero attached hydrogens (tertiary/aromatic N) is 2. The third kappa shape index (κ3) is 3.96. The predicted octanol–water partition coefficient (Wildman–Crippen LogP) is 3.42. The van der Waals surface area contributed by atoms with Gasteiger partial charge in [0.25, 0.3) is 0 Å². The third-order valence-corrected chi connectivity index (χ3v) is 4.55. The van der Waals surface area contributed by atoms with Crippen LogP contribution in [0.1, 0.15) is 13.3 Å². The van der Waals surface area contributed by atoms with E-state index in [1.165, 1.54) is 0 Å². The van der Waals surface area contributed by atoms with Crippen molar-refractivity contribution in [3.63, 3.8) is 0 Å². The maximum absolute atomic E-state index is 12.7. The van der Waals surface area contributed by atoms with E-state index in [0.717, 1.165) is 21.9 Å². The lowest BCUT2D eigenvalue weighted by atomic mass is 10.3. The number of aryl methyl sites for hydroxylation is 1. The summed E-state index contributed by atoms with van der Waals surface area (Å²) < 4.78 is 9.96. The fraction of sp³-hybridized carbons (Fsp3) is 0.316. The number of ether oxygens (including phenoxy) is 1. The molecule has 0 saturated carbocycles. The van der Waals surface area contributed by atoms with E-state index in [2.05, 4.69) is 15.9 Å². The number of halogens is 1. The van der Waals surface area contributed by atoms with Gasteiger partial charge in [0.1, 0.15) is 18.5 Å². The minimum Gasteiger partial charge on any atom is -0.491 e. The zero-order chi connectivity index (χ0) is 17.8. The summed E-state index contributed by atoms with van der Waals surface area (Å²) >= 11 is 3.37. The minimum atomic E-state index is -0.776. The molecule has 0 fully saturated rings. The van der Waals surface area contributed by atoms with Gasteiger partial charge < -0.3 is 9.84 Å². The van der Waals surface area contributed by atoms with Crippen molar-refractivity contribution in [2.45, 2.75) is 32.5 Å². The molecule has 1 N–H and O–H groups in total. The Labute approximate surface area is 154 Å². The summed E-state index contributed by atoms with van der Waals surface area (Å²) in [6, 6.07) is 15.1. The quantitative estimate of drug-likeness (QED) is 0.656. The van der Waals surface area contributed by atoms with Crippen LogP contribution in [0.2, 0.25) is 0 Å². The normalized spacial score (nSPS) is 12.4. The van der Waals surface area contributed by atoms with Crippen LogP contribution >= 0.6 is 15.9 Å². The summed E-state index contributed by atoms with van der Waals surface area (Å²) in [6.07, 6.45) is 0.102. The number of aromatic nitrogens is 2. The molecule has 0 unspecified atom stereocenters. The summed E-state index contributed by atoms with van der Waals surface area (Å²) in [5, 5.41) is 10.3. The molecule has 0 aliphatic carbocycles. The Balaban J connectivity index is 1.76. The number of fused-ring (bicyclic) bond motifs is 1. The molecule has 0 saturated heterocycles. The van der Waals surface area contributed by atoms with Gasteiger partial charge in [0.05, 0.1) is 17.6 Å². The number of rotatable bonds is 7. The first-order valence-corrected chi connectivity index (χ1v) is 9.14. The van der Waals surface area contributed by atoms with Gasteiger partial charge in [0.15, 0.2) is 0 Å². The molecule has 25 heavy (non-hydrogen) atoms. The van der Waals surface area contributed by atoms with E-state index >= 15 is 0 Å².